The van der Waals surface area contributed by atoms with Crippen molar-refractivity contribution >= 4 is 17.5 Å². The minimum Gasteiger partial charge on any atom is -0.467 e. The second-order valence-corrected chi connectivity index (χ2v) is 2.72. The van der Waals surface area contributed by atoms with Gasteiger partial charge in [0.15, 0.2) is 5.82 Å². The number of carbonyl (C=O) groups excluding carboxylic acids is 1. The maximum Gasteiger partial charge on any atom is 0.328 e. The highest BCUT2D eigenvalue weighted by molar-refractivity contribution is 5.79. The van der Waals surface area contributed by atoms with Gasteiger partial charge in [0.1, 0.15) is 12.4 Å². The van der Waals surface area contributed by atoms with Crippen molar-refractivity contribution in [2.24, 2.45) is 0 Å². The lowest BCUT2D eigenvalue weighted by Gasteiger charge is -2.12. The molecule has 0 spiro atoms. The summed E-state index contributed by atoms with van der Waals surface area (Å²) in [4.78, 5) is 18.7. The van der Waals surface area contributed by atoms with Gasteiger partial charge in [-0.05, 0) is 6.92 Å². The molecule has 0 aliphatic rings. The van der Waals surface area contributed by atoms with Crippen LogP contribution in [0.1, 0.15) is 6.92 Å². The Hall–Kier alpha value is -1.85. The van der Waals surface area contributed by atoms with Gasteiger partial charge in [-0.1, -0.05) is 0 Å². The lowest BCUT2D eigenvalue weighted by molar-refractivity contribution is -0.141. The van der Waals surface area contributed by atoms with Crippen molar-refractivity contribution in [1.29, 1.82) is 0 Å². The number of nitrogen functional groups attached to an aromatic ring is 1. The minimum atomic E-state index is -0.489. The van der Waals surface area contributed by atoms with Crippen LogP contribution in [-0.2, 0) is 9.53 Å². The average molecular weight is 196 g/mol. The predicted octanol–water partition coefficient (Wildman–Crippen LogP) is 0.0322. The largest absolute Gasteiger partial charge is 0.467 e. The molecule has 3 N–H and O–H groups in total. The first-order valence-electron chi connectivity index (χ1n) is 4.05. The zero-order valence-electron chi connectivity index (χ0n) is 8.02. The number of ether oxygens (including phenoxy) is 1. The third kappa shape index (κ3) is 2.32. The van der Waals surface area contributed by atoms with Gasteiger partial charge < -0.3 is 15.8 Å². The van der Waals surface area contributed by atoms with Gasteiger partial charge in [-0.3, -0.25) is 0 Å². The van der Waals surface area contributed by atoms with Gasteiger partial charge in [-0.15, -0.1) is 0 Å². The van der Waals surface area contributed by atoms with Crippen LogP contribution >= 0.6 is 0 Å². The summed E-state index contributed by atoms with van der Waals surface area (Å²) in [5, 5.41) is 2.81. The van der Waals surface area contributed by atoms with E-state index < -0.39 is 6.04 Å². The maximum atomic E-state index is 11.1. The highest BCUT2D eigenvalue weighted by Gasteiger charge is 2.13. The number of nitrogens with one attached hydrogen (secondary N) is 1. The molecule has 0 amide bonds. The van der Waals surface area contributed by atoms with Crippen LogP contribution in [0.5, 0.6) is 0 Å². The molecule has 0 fully saturated rings. The number of esters is 1. The molecule has 1 atom stereocenters. The lowest BCUT2D eigenvalue weighted by Crippen LogP contribution is -2.28. The van der Waals surface area contributed by atoms with Crippen molar-refractivity contribution in [3.05, 3.63) is 12.5 Å². The molecule has 76 valence electrons. The van der Waals surface area contributed by atoms with Crippen LogP contribution in [0.4, 0.5) is 11.5 Å². The van der Waals surface area contributed by atoms with E-state index in [0.717, 1.165) is 0 Å². The summed E-state index contributed by atoms with van der Waals surface area (Å²) in [5.74, 6) is 0.0564. The summed E-state index contributed by atoms with van der Waals surface area (Å²) in [6.07, 6.45) is 2.81. The smallest absolute Gasteiger partial charge is 0.328 e. The summed E-state index contributed by atoms with van der Waals surface area (Å²) < 4.78 is 4.54. The molecule has 0 radical (unpaired) electrons. The van der Waals surface area contributed by atoms with Crippen LogP contribution < -0.4 is 11.1 Å². The number of anilines is 2. The molecule has 1 unspecified atom stereocenters. The van der Waals surface area contributed by atoms with E-state index in [1.807, 2.05) is 0 Å². The fourth-order valence-corrected chi connectivity index (χ4v) is 0.902. The topological polar surface area (TPSA) is 90.1 Å². The van der Waals surface area contributed by atoms with E-state index in [1.165, 1.54) is 19.6 Å². The molecule has 6 heteroatoms. The second kappa shape index (κ2) is 4.40. The highest BCUT2D eigenvalue weighted by Crippen LogP contribution is 2.12. The molecule has 1 aromatic rings. The van der Waals surface area contributed by atoms with Crippen molar-refractivity contribution in [2.75, 3.05) is 18.2 Å². The molecule has 1 aromatic heterocycles. The molecule has 0 saturated carbocycles. The van der Waals surface area contributed by atoms with E-state index in [-0.39, 0.29) is 5.97 Å². The first kappa shape index (κ1) is 10.2. The Balaban J connectivity index is 2.69. The minimum absolute atomic E-state index is 0.372. The Morgan fingerprint density at radius 3 is 3.00 bits per heavy atom. The summed E-state index contributed by atoms with van der Waals surface area (Å²) in [6.45, 7) is 1.66. The third-order valence-electron chi connectivity index (χ3n) is 1.65. The highest BCUT2D eigenvalue weighted by atomic mass is 16.5. The monoisotopic (exact) mass is 196 g/mol. The number of carbonyl (C=O) groups is 1. The summed E-state index contributed by atoms with van der Waals surface area (Å²) >= 11 is 0. The molecule has 1 rings (SSSR count). The van der Waals surface area contributed by atoms with Gasteiger partial charge in [0.25, 0.3) is 0 Å². The fourth-order valence-electron chi connectivity index (χ4n) is 0.902. The normalized spacial score (nSPS) is 11.9. The zero-order valence-corrected chi connectivity index (χ0v) is 8.02. The number of hydrogen-bond donors (Lipinski definition) is 2. The van der Waals surface area contributed by atoms with Crippen LogP contribution in [0, 0.1) is 0 Å². The van der Waals surface area contributed by atoms with Crippen molar-refractivity contribution in [2.45, 2.75) is 13.0 Å². The van der Waals surface area contributed by atoms with E-state index in [0.29, 0.717) is 11.5 Å². The quantitative estimate of drug-likeness (QED) is 0.663. The fraction of sp³-hybridized carbons (Fsp3) is 0.375. The van der Waals surface area contributed by atoms with Crippen molar-refractivity contribution in [3.8, 4) is 0 Å². The zero-order chi connectivity index (χ0) is 10.6. The number of nitrogens with two attached hydrogens (primary N) is 1. The van der Waals surface area contributed by atoms with Crippen molar-refractivity contribution in [1.82, 2.24) is 9.97 Å². The number of methoxy groups -OCH3 is 1. The molecule has 0 bridgehead atoms. The first-order chi connectivity index (χ1) is 6.65. The van der Waals surface area contributed by atoms with E-state index >= 15 is 0 Å². The van der Waals surface area contributed by atoms with Crippen LogP contribution in [0.25, 0.3) is 0 Å². The Morgan fingerprint density at radius 1 is 1.71 bits per heavy atom. The second-order valence-electron chi connectivity index (χ2n) is 2.72. The van der Waals surface area contributed by atoms with Gasteiger partial charge in [-0.2, -0.15) is 0 Å². The van der Waals surface area contributed by atoms with E-state index in [1.54, 1.807) is 6.92 Å². The van der Waals surface area contributed by atoms with Gasteiger partial charge in [0.2, 0.25) is 0 Å². The van der Waals surface area contributed by atoms with Crippen LogP contribution in [0.2, 0.25) is 0 Å². The third-order valence-corrected chi connectivity index (χ3v) is 1.65. The van der Waals surface area contributed by atoms with E-state index in [9.17, 15) is 4.79 Å². The molecule has 0 aliphatic heterocycles. The van der Waals surface area contributed by atoms with Crippen LogP contribution in [0.15, 0.2) is 12.5 Å². The molecule has 6 nitrogen and oxygen atoms in total. The Kier molecular flexibility index (Phi) is 3.22. The van der Waals surface area contributed by atoms with Gasteiger partial charge >= 0.3 is 5.97 Å². The Morgan fingerprint density at radius 2 is 2.43 bits per heavy atom. The molecule has 0 aromatic carbocycles. The molecule has 0 saturated heterocycles. The maximum absolute atomic E-state index is 11.1. The molecule has 0 aliphatic carbocycles. The Labute approximate surface area is 81.5 Å². The number of aromatic nitrogens is 2. The summed E-state index contributed by atoms with van der Waals surface area (Å²) in [6, 6.07) is -0.489. The van der Waals surface area contributed by atoms with E-state index in [4.69, 9.17) is 5.73 Å². The molecular weight excluding hydrogens is 184 g/mol. The molecular formula is C8H12N4O2. The standard InChI is InChI=1S/C8H12N4O2/c1-5(8(13)14-2)12-7-6(9)3-10-4-11-7/h3-5H,9H2,1-2H3,(H,10,11,12). The number of nitrogens with zero attached hydrogens (tertiary/aromatic N) is 2. The first-order valence-corrected chi connectivity index (χ1v) is 4.05. The average Bonchev–Trinajstić information content (AvgIpc) is 2.20. The van der Waals surface area contributed by atoms with Crippen LogP contribution in [-0.4, -0.2) is 29.1 Å². The van der Waals surface area contributed by atoms with Crippen LogP contribution in [0.3, 0.4) is 0 Å². The number of hydrogen-bond acceptors (Lipinski definition) is 6. The predicted molar refractivity (Wildman–Crippen MR) is 51.5 cm³/mol. The molecule has 14 heavy (non-hydrogen) atoms. The SMILES string of the molecule is COC(=O)C(C)Nc1ncncc1N. The van der Waals surface area contributed by atoms with Crippen molar-refractivity contribution in [3.63, 3.8) is 0 Å². The van der Waals surface area contributed by atoms with Gasteiger partial charge in [-0.25, -0.2) is 14.8 Å². The summed E-state index contributed by atoms with van der Waals surface area (Å²) in [5.41, 5.74) is 5.96. The molecule has 1 heterocycles. The van der Waals surface area contributed by atoms with Crippen molar-refractivity contribution < 1.29 is 9.53 Å². The Bertz CT molecular complexity index is 329. The van der Waals surface area contributed by atoms with Gasteiger partial charge in [0.05, 0.1) is 19.0 Å². The van der Waals surface area contributed by atoms with Gasteiger partial charge in [0, 0.05) is 0 Å². The summed E-state index contributed by atoms with van der Waals surface area (Å²) in [7, 11) is 1.32. The van der Waals surface area contributed by atoms with E-state index in [2.05, 4.69) is 20.0 Å². The number of rotatable bonds is 3. The lowest BCUT2D eigenvalue weighted by atomic mass is 10.3.